The molecule has 0 bridgehead atoms. The second-order valence-corrected chi connectivity index (χ2v) is 6.28. The van der Waals surface area contributed by atoms with Gasteiger partial charge in [0.2, 0.25) is 0 Å². The first kappa shape index (κ1) is 15.7. The van der Waals surface area contributed by atoms with E-state index in [4.69, 9.17) is 9.84 Å². The third-order valence-electron chi connectivity index (χ3n) is 3.69. The first-order valence-corrected chi connectivity index (χ1v) is 7.69. The highest BCUT2D eigenvalue weighted by molar-refractivity contribution is 7.11. The van der Waals surface area contributed by atoms with Crippen molar-refractivity contribution in [2.45, 2.75) is 19.3 Å². The Bertz CT molecular complexity index is 546. The molecule has 0 atom stereocenters. The molecule has 6 heteroatoms. The molecule has 0 aromatic carbocycles. The fourth-order valence-electron chi connectivity index (χ4n) is 2.09. The molecule has 2 N–H and O–H groups in total. The van der Waals surface area contributed by atoms with E-state index in [1.807, 2.05) is 0 Å². The van der Waals surface area contributed by atoms with Crippen LogP contribution in [0.1, 0.15) is 34.5 Å². The number of ether oxygens (including phenoxy) is 1. The number of rotatable bonds is 8. The molecule has 0 saturated heterocycles. The third-order valence-corrected chi connectivity index (χ3v) is 4.59. The number of hydrogen-bond donors (Lipinski definition) is 2. The average molecular weight is 309 g/mol. The largest absolute Gasteiger partial charge is 0.478 e. The molecular weight excluding hydrogens is 290 g/mol. The molecule has 1 saturated carbocycles. The Hall–Kier alpha value is -1.66. The fraction of sp³-hybridized carbons (Fsp3) is 0.467. The molecular formula is C15H19NO4S. The summed E-state index contributed by atoms with van der Waals surface area (Å²) in [7, 11) is 1.69. The van der Waals surface area contributed by atoms with Gasteiger partial charge in [-0.05, 0) is 36.8 Å². The number of carboxylic acids is 1. The van der Waals surface area contributed by atoms with Crippen molar-refractivity contribution < 1.29 is 19.4 Å². The van der Waals surface area contributed by atoms with E-state index in [0.29, 0.717) is 12.1 Å². The average Bonchev–Trinajstić information content (AvgIpc) is 3.07. The van der Waals surface area contributed by atoms with Gasteiger partial charge in [-0.1, -0.05) is 0 Å². The SMILES string of the molecule is COCCC1(CNC(=O)c2csc(/C=C/C(=O)O)c2)CC1. The monoisotopic (exact) mass is 309 g/mol. The minimum absolute atomic E-state index is 0.107. The van der Waals surface area contributed by atoms with Crippen LogP contribution in [-0.2, 0) is 9.53 Å². The molecule has 1 amide bonds. The van der Waals surface area contributed by atoms with Gasteiger partial charge in [0.15, 0.2) is 0 Å². The van der Waals surface area contributed by atoms with Gasteiger partial charge in [-0.3, -0.25) is 4.79 Å². The second-order valence-electron chi connectivity index (χ2n) is 5.33. The molecule has 0 spiro atoms. The van der Waals surface area contributed by atoms with E-state index in [1.165, 1.54) is 17.4 Å². The molecule has 1 aromatic rings. The quantitative estimate of drug-likeness (QED) is 0.723. The van der Waals surface area contributed by atoms with Crippen LogP contribution in [0.15, 0.2) is 17.5 Å². The van der Waals surface area contributed by atoms with Crippen LogP contribution in [0.2, 0.25) is 0 Å². The van der Waals surface area contributed by atoms with Crippen molar-refractivity contribution >= 4 is 29.3 Å². The van der Waals surface area contributed by atoms with Crippen LogP contribution >= 0.6 is 11.3 Å². The van der Waals surface area contributed by atoms with E-state index in [9.17, 15) is 9.59 Å². The zero-order chi connectivity index (χ0) is 15.3. The summed E-state index contributed by atoms with van der Waals surface area (Å²) in [5.74, 6) is -1.10. The fourth-order valence-corrected chi connectivity index (χ4v) is 2.87. The van der Waals surface area contributed by atoms with Crippen molar-refractivity contribution in [3.63, 3.8) is 0 Å². The van der Waals surface area contributed by atoms with Gasteiger partial charge in [0.1, 0.15) is 0 Å². The van der Waals surface area contributed by atoms with Gasteiger partial charge < -0.3 is 15.2 Å². The summed E-state index contributed by atoms with van der Waals surface area (Å²) >= 11 is 1.35. The van der Waals surface area contributed by atoms with E-state index in [-0.39, 0.29) is 11.3 Å². The standard InChI is InChI=1S/C15H19NO4S/c1-20-7-6-15(4-5-15)10-16-14(19)11-8-12(21-9-11)2-3-13(17)18/h2-3,8-9H,4-7,10H2,1H3,(H,16,19)(H,17,18)/b3-2+. The number of carbonyl (C=O) groups is 2. The highest BCUT2D eigenvalue weighted by atomic mass is 32.1. The summed E-state index contributed by atoms with van der Waals surface area (Å²) in [6.07, 6.45) is 5.79. The van der Waals surface area contributed by atoms with Crippen molar-refractivity contribution in [1.29, 1.82) is 0 Å². The molecule has 21 heavy (non-hydrogen) atoms. The number of thiophene rings is 1. The molecule has 5 nitrogen and oxygen atoms in total. The Labute approximate surface area is 127 Å². The lowest BCUT2D eigenvalue weighted by atomic mass is 10.0. The maximum Gasteiger partial charge on any atom is 0.328 e. The number of carbonyl (C=O) groups excluding carboxylic acids is 1. The van der Waals surface area contributed by atoms with E-state index >= 15 is 0 Å². The lowest BCUT2D eigenvalue weighted by Gasteiger charge is -2.15. The Morgan fingerprint density at radius 3 is 2.90 bits per heavy atom. The maximum absolute atomic E-state index is 12.1. The van der Waals surface area contributed by atoms with Crippen molar-refractivity contribution in [3.05, 3.63) is 28.0 Å². The van der Waals surface area contributed by atoms with E-state index < -0.39 is 5.97 Å². The first-order chi connectivity index (χ1) is 10.0. The molecule has 114 valence electrons. The molecule has 0 unspecified atom stereocenters. The predicted molar refractivity (Wildman–Crippen MR) is 81.5 cm³/mol. The number of amides is 1. The van der Waals surface area contributed by atoms with Crippen molar-refractivity contribution in [2.24, 2.45) is 5.41 Å². The van der Waals surface area contributed by atoms with Gasteiger partial charge in [-0.25, -0.2) is 4.79 Å². The van der Waals surface area contributed by atoms with Crippen LogP contribution in [0.3, 0.4) is 0 Å². The van der Waals surface area contributed by atoms with Crippen LogP contribution in [0.4, 0.5) is 0 Å². The topological polar surface area (TPSA) is 75.6 Å². The van der Waals surface area contributed by atoms with Gasteiger partial charge in [0, 0.05) is 36.6 Å². The summed E-state index contributed by atoms with van der Waals surface area (Å²) in [6, 6.07) is 1.70. The number of carboxylic acid groups (broad SMARTS) is 1. The van der Waals surface area contributed by atoms with Crippen LogP contribution in [0, 0.1) is 5.41 Å². The maximum atomic E-state index is 12.1. The Morgan fingerprint density at radius 2 is 2.29 bits per heavy atom. The van der Waals surface area contributed by atoms with Crippen molar-refractivity contribution in [3.8, 4) is 0 Å². The highest BCUT2D eigenvalue weighted by Gasteiger charge is 2.42. The summed E-state index contributed by atoms with van der Waals surface area (Å²) in [5, 5.41) is 13.3. The van der Waals surface area contributed by atoms with Crippen LogP contribution < -0.4 is 5.32 Å². The van der Waals surface area contributed by atoms with Crippen LogP contribution in [0.25, 0.3) is 6.08 Å². The van der Waals surface area contributed by atoms with Gasteiger partial charge >= 0.3 is 5.97 Å². The zero-order valence-electron chi connectivity index (χ0n) is 11.9. The van der Waals surface area contributed by atoms with E-state index in [0.717, 1.165) is 36.8 Å². The lowest BCUT2D eigenvalue weighted by Crippen LogP contribution is -2.30. The summed E-state index contributed by atoms with van der Waals surface area (Å²) in [4.78, 5) is 23.3. The summed E-state index contributed by atoms with van der Waals surface area (Å²) < 4.78 is 5.09. The van der Waals surface area contributed by atoms with Gasteiger partial charge in [0.05, 0.1) is 5.56 Å². The Kier molecular flexibility index (Phi) is 5.14. The zero-order valence-corrected chi connectivity index (χ0v) is 12.7. The lowest BCUT2D eigenvalue weighted by molar-refractivity contribution is -0.131. The molecule has 2 rings (SSSR count). The minimum atomic E-state index is -0.997. The van der Waals surface area contributed by atoms with Crippen LogP contribution in [-0.4, -0.2) is 37.2 Å². The van der Waals surface area contributed by atoms with Crippen molar-refractivity contribution in [2.75, 3.05) is 20.3 Å². The predicted octanol–water partition coefficient (Wildman–Crippen LogP) is 2.39. The smallest absolute Gasteiger partial charge is 0.328 e. The third kappa shape index (κ3) is 4.68. The minimum Gasteiger partial charge on any atom is -0.478 e. The van der Waals surface area contributed by atoms with E-state index in [1.54, 1.807) is 18.6 Å². The van der Waals surface area contributed by atoms with Gasteiger partial charge in [-0.2, -0.15) is 0 Å². The molecule has 1 fully saturated rings. The van der Waals surface area contributed by atoms with Gasteiger partial charge in [0.25, 0.3) is 5.91 Å². The van der Waals surface area contributed by atoms with Crippen molar-refractivity contribution in [1.82, 2.24) is 5.32 Å². The normalized spacial score (nSPS) is 16.0. The molecule has 1 aliphatic carbocycles. The highest BCUT2D eigenvalue weighted by Crippen LogP contribution is 2.48. The first-order valence-electron chi connectivity index (χ1n) is 6.81. The molecule has 1 aliphatic rings. The van der Waals surface area contributed by atoms with Gasteiger partial charge in [-0.15, -0.1) is 11.3 Å². The number of aliphatic carboxylic acids is 1. The molecule has 0 radical (unpaired) electrons. The Balaban J connectivity index is 1.85. The van der Waals surface area contributed by atoms with E-state index in [2.05, 4.69) is 5.32 Å². The molecule has 1 aromatic heterocycles. The second kappa shape index (κ2) is 6.87. The number of methoxy groups -OCH3 is 1. The Morgan fingerprint density at radius 1 is 1.52 bits per heavy atom. The summed E-state index contributed by atoms with van der Waals surface area (Å²) in [5.41, 5.74) is 0.792. The number of nitrogens with one attached hydrogen (secondary N) is 1. The summed E-state index contributed by atoms with van der Waals surface area (Å²) in [6.45, 7) is 1.39. The number of hydrogen-bond acceptors (Lipinski definition) is 4. The molecule has 0 aliphatic heterocycles. The molecule has 1 heterocycles. The van der Waals surface area contributed by atoms with Crippen LogP contribution in [0.5, 0.6) is 0 Å².